The number of aryl methyl sites for hydroxylation is 5. The molecule has 0 fully saturated rings. The molecule has 0 radical (unpaired) electrons. The molecule has 0 bridgehead atoms. The second-order valence-corrected chi connectivity index (χ2v) is 7.73. The summed E-state index contributed by atoms with van der Waals surface area (Å²) >= 11 is 0. The maximum absolute atomic E-state index is 6.26. The fourth-order valence-corrected chi connectivity index (χ4v) is 4.42. The minimum atomic E-state index is 0.780. The molecule has 2 aliphatic heterocycles. The lowest BCUT2D eigenvalue weighted by Gasteiger charge is -2.31. The third-order valence-corrected chi connectivity index (χ3v) is 5.63. The molecule has 0 aliphatic carbocycles. The molecule has 3 heterocycles. The topological polar surface area (TPSA) is 25.6 Å². The molecule has 0 unspecified atom stereocenters. The summed E-state index contributed by atoms with van der Waals surface area (Å²) in [6, 6.07) is 15.4. The van der Waals surface area contributed by atoms with Crippen molar-refractivity contribution >= 4 is 17.3 Å². The van der Waals surface area contributed by atoms with Crippen molar-refractivity contribution in [3.8, 4) is 5.75 Å². The lowest BCUT2D eigenvalue weighted by atomic mass is 9.97. The van der Waals surface area contributed by atoms with Gasteiger partial charge in [0.15, 0.2) is 0 Å². The van der Waals surface area contributed by atoms with Gasteiger partial charge in [-0.25, -0.2) is 0 Å². The number of nitrogens with zero attached hydrogens (tertiary/aromatic N) is 1. The molecule has 0 atom stereocenters. The van der Waals surface area contributed by atoms with E-state index in [0.29, 0.717) is 0 Å². The zero-order chi connectivity index (χ0) is 18.4. The Kier molecular flexibility index (Phi) is 3.96. The molecule has 0 saturated carbocycles. The van der Waals surface area contributed by atoms with Crippen LogP contribution < -0.4 is 9.64 Å². The number of anilines is 3. The van der Waals surface area contributed by atoms with Gasteiger partial charge < -0.3 is 9.15 Å². The minimum absolute atomic E-state index is 0.780. The monoisotopic (exact) mass is 359 g/mol. The summed E-state index contributed by atoms with van der Waals surface area (Å²) in [6.07, 6.45) is 5.40. The molecule has 2 aliphatic rings. The number of hydrogen-bond acceptors (Lipinski definition) is 3. The van der Waals surface area contributed by atoms with E-state index in [4.69, 9.17) is 9.15 Å². The van der Waals surface area contributed by atoms with Crippen LogP contribution in [0.4, 0.5) is 17.3 Å². The number of benzene rings is 2. The smallest absolute Gasteiger partial charge is 0.207 e. The second kappa shape index (κ2) is 6.49. The molecule has 3 nitrogen and oxygen atoms in total. The summed E-state index contributed by atoms with van der Waals surface area (Å²) in [5.41, 5.74) is 7.55. The Bertz CT molecular complexity index is 1000. The number of hydrogen-bond donors (Lipinski definition) is 0. The van der Waals surface area contributed by atoms with Gasteiger partial charge in [0, 0.05) is 5.56 Å². The summed E-state index contributed by atoms with van der Waals surface area (Å²) in [5.74, 6) is 2.92. The minimum Gasteiger partial charge on any atom is -0.491 e. The average Bonchev–Trinajstić information content (AvgIpc) is 3.02. The van der Waals surface area contributed by atoms with E-state index in [0.717, 1.165) is 61.8 Å². The van der Waals surface area contributed by atoms with Crippen LogP contribution in [0, 0.1) is 13.8 Å². The summed E-state index contributed by atoms with van der Waals surface area (Å²) in [7, 11) is 0. The van der Waals surface area contributed by atoms with Crippen molar-refractivity contribution in [3.63, 3.8) is 0 Å². The summed E-state index contributed by atoms with van der Waals surface area (Å²) < 4.78 is 12.4. The average molecular weight is 359 g/mol. The molecule has 0 amide bonds. The molecule has 0 saturated heterocycles. The first kappa shape index (κ1) is 16.5. The third-order valence-electron chi connectivity index (χ3n) is 5.63. The quantitative estimate of drug-likeness (QED) is 0.519. The zero-order valence-electron chi connectivity index (χ0n) is 16.0. The van der Waals surface area contributed by atoms with E-state index in [2.05, 4.69) is 54.3 Å². The number of furan rings is 1. The fraction of sp³-hybridized carbons (Fsp3) is 0.333. The van der Waals surface area contributed by atoms with E-state index in [1.54, 1.807) is 0 Å². The maximum atomic E-state index is 6.26. The number of para-hydroxylation sites is 1. The van der Waals surface area contributed by atoms with Gasteiger partial charge >= 0.3 is 0 Å². The van der Waals surface area contributed by atoms with Crippen LogP contribution in [-0.4, -0.2) is 6.61 Å². The normalized spacial score (nSPS) is 15.9. The van der Waals surface area contributed by atoms with E-state index in [1.165, 1.54) is 27.9 Å². The summed E-state index contributed by atoms with van der Waals surface area (Å²) in [6.45, 7) is 4.98. The van der Waals surface area contributed by atoms with Crippen molar-refractivity contribution in [2.75, 3.05) is 11.5 Å². The van der Waals surface area contributed by atoms with E-state index >= 15 is 0 Å². The molecule has 2 aromatic carbocycles. The van der Waals surface area contributed by atoms with Crippen LogP contribution in [0.5, 0.6) is 5.75 Å². The Morgan fingerprint density at radius 3 is 2.59 bits per heavy atom. The molecule has 1 aromatic heterocycles. The van der Waals surface area contributed by atoms with Gasteiger partial charge in [-0.05, 0) is 75.3 Å². The predicted octanol–water partition coefficient (Wildman–Crippen LogP) is 6.18. The standard InChI is InChI=1S/C24H25NO2/c1-16-11-12-21-19(14-16)7-3-8-20-15-17(2)27-24(20)25(21)22-10-4-6-18-9-5-13-26-23(18)22/h4,6,10-12,14-15H,3,5,7-9,13H2,1-2H3. The van der Waals surface area contributed by atoms with Crippen molar-refractivity contribution < 1.29 is 9.15 Å². The highest BCUT2D eigenvalue weighted by Gasteiger charge is 2.28. The highest BCUT2D eigenvalue weighted by molar-refractivity contribution is 5.82. The van der Waals surface area contributed by atoms with Gasteiger partial charge in [0.05, 0.1) is 18.0 Å². The Morgan fingerprint density at radius 2 is 1.67 bits per heavy atom. The Labute approximate surface area is 160 Å². The fourth-order valence-electron chi connectivity index (χ4n) is 4.42. The molecular formula is C24H25NO2. The number of rotatable bonds is 1. The molecule has 0 spiro atoms. The number of ether oxygens (including phenoxy) is 1. The molecule has 138 valence electrons. The van der Waals surface area contributed by atoms with Crippen LogP contribution in [0.15, 0.2) is 46.9 Å². The molecule has 3 heteroatoms. The van der Waals surface area contributed by atoms with Gasteiger partial charge in [0.25, 0.3) is 0 Å². The SMILES string of the molecule is Cc1ccc2c(c1)CCCc1cc(C)oc1N2c1cccc2c1OCCC2. The van der Waals surface area contributed by atoms with E-state index in [9.17, 15) is 0 Å². The van der Waals surface area contributed by atoms with E-state index in [1.807, 2.05) is 6.92 Å². The van der Waals surface area contributed by atoms with Crippen molar-refractivity contribution in [2.45, 2.75) is 46.0 Å². The van der Waals surface area contributed by atoms with Gasteiger partial charge in [-0.1, -0.05) is 29.8 Å². The summed E-state index contributed by atoms with van der Waals surface area (Å²) in [4.78, 5) is 2.29. The first-order valence-electron chi connectivity index (χ1n) is 9.94. The van der Waals surface area contributed by atoms with Gasteiger partial charge in [-0.3, -0.25) is 4.90 Å². The second-order valence-electron chi connectivity index (χ2n) is 7.73. The lowest BCUT2D eigenvalue weighted by Crippen LogP contribution is -2.18. The third kappa shape index (κ3) is 2.82. The van der Waals surface area contributed by atoms with Crippen molar-refractivity contribution in [3.05, 3.63) is 70.5 Å². The Balaban J connectivity index is 1.78. The van der Waals surface area contributed by atoms with Gasteiger partial charge in [0.2, 0.25) is 5.88 Å². The van der Waals surface area contributed by atoms with E-state index in [-0.39, 0.29) is 0 Å². The Morgan fingerprint density at radius 1 is 0.815 bits per heavy atom. The van der Waals surface area contributed by atoms with Crippen LogP contribution in [-0.2, 0) is 19.3 Å². The zero-order valence-corrected chi connectivity index (χ0v) is 16.0. The molecule has 3 aromatic rings. The Hall–Kier alpha value is -2.68. The van der Waals surface area contributed by atoms with Crippen LogP contribution in [0.3, 0.4) is 0 Å². The van der Waals surface area contributed by atoms with Crippen LogP contribution in [0.1, 0.15) is 40.9 Å². The van der Waals surface area contributed by atoms with Crippen LogP contribution in [0.25, 0.3) is 0 Å². The van der Waals surface area contributed by atoms with Crippen LogP contribution >= 0.6 is 0 Å². The van der Waals surface area contributed by atoms with Crippen LogP contribution in [0.2, 0.25) is 0 Å². The van der Waals surface area contributed by atoms with E-state index < -0.39 is 0 Å². The largest absolute Gasteiger partial charge is 0.491 e. The molecule has 5 rings (SSSR count). The predicted molar refractivity (Wildman–Crippen MR) is 109 cm³/mol. The van der Waals surface area contributed by atoms with Crippen molar-refractivity contribution in [1.82, 2.24) is 0 Å². The molecule has 27 heavy (non-hydrogen) atoms. The maximum Gasteiger partial charge on any atom is 0.207 e. The highest BCUT2D eigenvalue weighted by atomic mass is 16.5. The first-order chi connectivity index (χ1) is 13.2. The summed E-state index contributed by atoms with van der Waals surface area (Å²) in [5, 5.41) is 0. The lowest BCUT2D eigenvalue weighted by molar-refractivity contribution is 0.289. The number of fused-ring (bicyclic) bond motifs is 3. The van der Waals surface area contributed by atoms with Gasteiger partial charge in [-0.15, -0.1) is 0 Å². The van der Waals surface area contributed by atoms with Crippen molar-refractivity contribution in [2.24, 2.45) is 0 Å². The first-order valence-corrected chi connectivity index (χ1v) is 9.94. The van der Waals surface area contributed by atoms with Crippen molar-refractivity contribution in [1.29, 1.82) is 0 Å². The van der Waals surface area contributed by atoms with Gasteiger partial charge in [0.1, 0.15) is 11.5 Å². The molecule has 0 N–H and O–H groups in total. The highest BCUT2D eigenvalue weighted by Crippen LogP contribution is 2.47. The molecular weight excluding hydrogens is 334 g/mol. The van der Waals surface area contributed by atoms with Gasteiger partial charge in [-0.2, -0.15) is 0 Å².